The first-order valence-corrected chi connectivity index (χ1v) is 8.53. The van der Waals surface area contributed by atoms with E-state index in [9.17, 15) is 13.6 Å². The predicted molar refractivity (Wildman–Crippen MR) is 95.4 cm³/mol. The lowest BCUT2D eigenvalue weighted by atomic mass is 9.87. The van der Waals surface area contributed by atoms with Crippen molar-refractivity contribution in [3.8, 4) is 5.75 Å². The number of hydrogen-bond acceptors (Lipinski definition) is 3. The summed E-state index contributed by atoms with van der Waals surface area (Å²) in [6, 6.07) is 7.63. The van der Waals surface area contributed by atoms with E-state index in [2.05, 4.69) is 31.1 Å². The molecule has 0 aliphatic carbocycles. The highest BCUT2D eigenvalue weighted by Crippen LogP contribution is 2.26. The van der Waals surface area contributed by atoms with Crippen LogP contribution in [0.3, 0.4) is 0 Å². The molecule has 0 saturated carbocycles. The molecule has 0 spiro atoms. The molecule has 2 aromatic rings. The quantitative estimate of drug-likeness (QED) is 0.814. The molecule has 2 rings (SSSR count). The topological polar surface area (TPSA) is 56.1 Å². The summed E-state index contributed by atoms with van der Waals surface area (Å²) in [4.78, 5) is 16.0. The van der Waals surface area contributed by atoms with Crippen LogP contribution in [-0.4, -0.2) is 28.1 Å². The van der Waals surface area contributed by atoms with E-state index >= 15 is 0 Å². The van der Waals surface area contributed by atoms with Crippen LogP contribution < -0.4 is 10.1 Å². The van der Waals surface area contributed by atoms with E-state index in [0.717, 1.165) is 10.1 Å². The van der Waals surface area contributed by atoms with E-state index in [-0.39, 0.29) is 30.1 Å². The minimum absolute atomic E-state index is 0.0164. The Morgan fingerprint density at radius 2 is 2.08 bits per heavy atom. The van der Waals surface area contributed by atoms with Gasteiger partial charge in [0.25, 0.3) is 5.91 Å². The molecule has 0 fully saturated rings. The van der Waals surface area contributed by atoms with Crippen molar-refractivity contribution < 1.29 is 18.3 Å². The number of alkyl halides is 2. The lowest BCUT2D eigenvalue weighted by Crippen LogP contribution is -2.37. The second-order valence-corrected chi connectivity index (χ2v) is 7.11. The van der Waals surface area contributed by atoms with Crippen molar-refractivity contribution in [2.24, 2.45) is 0 Å². The number of benzene rings is 1. The Morgan fingerprint density at radius 1 is 1.35 bits per heavy atom. The molecule has 0 saturated heterocycles. The highest BCUT2D eigenvalue weighted by molar-refractivity contribution is 5.80. The van der Waals surface area contributed by atoms with Gasteiger partial charge in [0.05, 0.1) is 0 Å². The average Bonchev–Trinajstić information content (AvgIpc) is 3.03. The Balaban J connectivity index is 1.87. The summed E-state index contributed by atoms with van der Waals surface area (Å²) in [5.74, 6) is 0.543. The van der Waals surface area contributed by atoms with E-state index in [4.69, 9.17) is 4.74 Å². The van der Waals surface area contributed by atoms with Crippen molar-refractivity contribution in [1.82, 2.24) is 14.9 Å². The summed E-state index contributed by atoms with van der Waals surface area (Å²) in [5.41, 5.74) is 1.10. The number of ether oxygens (including phenoxy) is 1. The predicted octanol–water partition coefficient (Wildman–Crippen LogP) is 3.70. The number of carbonyl (C=O) groups excluding carboxylic acids is 1. The average molecular weight is 365 g/mol. The molecule has 1 unspecified atom stereocenters. The Bertz CT molecular complexity index is 738. The number of hydrogen-bond donors (Lipinski definition) is 1. The minimum Gasteiger partial charge on any atom is -0.481 e. The first kappa shape index (κ1) is 19.9. The number of imidazole rings is 1. The van der Waals surface area contributed by atoms with Gasteiger partial charge in [-0.05, 0) is 30.0 Å². The fourth-order valence-corrected chi connectivity index (χ4v) is 2.45. The molecule has 142 valence electrons. The summed E-state index contributed by atoms with van der Waals surface area (Å²) < 4.78 is 32.0. The van der Waals surface area contributed by atoms with E-state index in [0.29, 0.717) is 5.75 Å². The van der Waals surface area contributed by atoms with Gasteiger partial charge in [-0.15, -0.1) is 0 Å². The van der Waals surface area contributed by atoms with Gasteiger partial charge in [-0.25, -0.2) is 4.98 Å². The standard InChI is InChI=1S/C19H25F2N3O2/c1-13(26-15-7-5-6-14(12-15)19(2,3)4)17(25)23-9-8-16-22-10-11-24(16)18(20)21/h5-7,10-13,18H,8-9H2,1-4H3,(H,23,25). The van der Waals surface area contributed by atoms with Gasteiger partial charge in [-0.3, -0.25) is 9.36 Å². The number of aromatic nitrogens is 2. The van der Waals surface area contributed by atoms with Crippen LogP contribution in [0.2, 0.25) is 0 Å². The summed E-state index contributed by atoms with van der Waals surface area (Å²) in [5, 5.41) is 2.69. The van der Waals surface area contributed by atoms with E-state index in [1.807, 2.05) is 18.2 Å². The van der Waals surface area contributed by atoms with Gasteiger partial charge in [0.15, 0.2) is 6.10 Å². The molecule has 1 amide bonds. The zero-order chi connectivity index (χ0) is 19.3. The van der Waals surface area contributed by atoms with Crippen LogP contribution in [0.25, 0.3) is 0 Å². The van der Waals surface area contributed by atoms with Crippen LogP contribution in [0.5, 0.6) is 5.75 Å². The van der Waals surface area contributed by atoms with Crippen LogP contribution in [0.4, 0.5) is 8.78 Å². The Morgan fingerprint density at radius 3 is 2.73 bits per heavy atom. The molecule has 0 bridgehead atoms. The van der Waals surface area contributed by atoms with Gasteiger partial charge in [-0.2, -0.15) is 8.78 Å². The number of carbonyl (C=O) groups is 1. The van der Waals surface area contributed by atoms with Crippen molar-refractivity contribution >= 4 is 5.91 Å². The van der Waals surface area contributed by atoms with Crippen molar-refractivity contribution in [2.75, 3.05) is 6.54 Å². The maximum Gasteiger partial charge on any atom is 0.319 e. The molecule has 7 heteroatoms. The molecule has 5 nitrogen and oxygen atoms in total. The summed E-state index contributed by atoms with van der Waals surface area (Å²) in [6.07, 6.45) is 2.06. The third-order valence-corrected chi connectivity index (χ3v) is 3.99. The SMILES string of the molecule is CC(Oc1cccc(C(C)(C)C)c1)C(=O)NCCc1nccn1C(F)F. The lowest BCUT2D eigenvalue weighted by Gasteiger charge is -2.21. The highest BCUT2D eigenvalue weighted by atomic mass is 19.3. The molecule has 1 atom stereocenters. The van der Waals surface area contributed by atoms with Crippen molar-refractivity contribution in [3.05, 3.63) is 48.0 Å². The number of rotatable bonds is 7. The minimum atomic E-state index is -2.64. The van der Waals surface area contributed by atoms with E-state index < -0.39 is 12.7 Å². The normalized spacial score (nSPS) is 12.9. The van der Waals surface area contributed by atoms with Gasteiger partial charge >= 0.3 is 6.55 Å². The Labute approximate surface area is 152 Å². The van der Waals surface area contributed by atoms with Crippen LogP contribution in [0.1, 0.15) is 45.6 Å². The maximum atomic E-state index is 12.7. The molecule has 1 aromatic carbocycles. The van der Waals surface area contributed by atoms with E-state index in [1.54, 1.807) is 13.0 Å². The summed E-state index contributed by atoms with van der Waals surface area (Å²) in [6.45, 7) is 5.53. The number of nitrogens with zero attached hydrogens (tertiary/aromatic N) is 2. The zero-order valence-electron chi connectivity index (χ0n) is 15.5. The molecule has 26 heavy (non-hydrogen) atoms. The van der Waals surface area contributed by atoms with Gasteiger partial charge in [0, 0.05) is 25.4 Å². The number of amides is 1. The van der Waals surface area contributed by atoms with Gasteiger partial charge in [0.2, 0.25) is 0 Å². The molecule has 1 heterocycles. The smallest absolute Gasteiger partial charge is 0.319 e. The fourth-order valence-electron chi connectivity index (χ4n) is 2.45. The van der Waals surface area contributed by atoms with Gasteiger partial charge in [0.1, 0.15) is 11.6 Å². The lowest BCUT2D eigenvalue weighted by molar-refractivity contribution is -0.127. The molecular formula is C19H25F2N3O2. The van der Waals surface area contributed by atoms with Gasteiger partial charge < -0.3 is 10.1 Å². The van der Waals surface area contributed by atoms with Crippen molar-refractivity contribution in [3.63, 3.8) is 0 Å². The second kappa shape index (κ2) is 8.29. The molecule has 0 aliphatic heterocycles. The summed E-state index contributed by atoms with van der Waals surface area (Å²) in [7, 11) is 0. The summed E-state index contributed by atoms with van der Waals surface area (Å²) >= 11 is 0. The van der Waals surface area contributed by atoms with Crippen LogP contribution in [0.15, 0.2) is 36.7 Å². The molecule has 0 radical (unpaired) electrons. The number of nitrogens with one attached hydrogen (secondary N) is 1. The fraction of sp³-hybridized carbons (Fsp3) is 0.474. The third-order valence-electron chi connectivity index (χ3n) is 3.99. The molecule has 0 aliphatic rings. The monoisotopic (exact) mass is 365 g/mol. The van der Waals surface area contributed by atoms with Crippen LogP contribution in [-0.2, 0) is 16.6 Å². The maximum absolute atomic E-state index is 12.7. The molecular weight excluding hydrogens is 340 g/mol. The first-order valence-electron chi connectivity index (χ1n) is 8.53. The van der Waals surface area contributed by atoms with E-state index in [1.165, 1.54) is 12.4 Å². The van der Waals surface area contributed by atoms with Crippen molar-refractivity contribution in [2.45, 2.75) is 52.2 Å². The second-order valence-electron chi connectivity index (χ2n) is 7.11. The largest absolute Gasteiger partial charge is 0.481 e. The van der Waals surface area contributed by atoms with Crippen LogP contribution >= 0.6 is 0 Å². The molecule has 1 aromatic heterocycles. The van der Waals surface area contributed by atoms with Crippen molar-refractivity contribution in [1.29, 1.82) is 0 Å². The van der Waals surface area contributed by atoms with Crippen LogP contribution in [0, 0.1) is 0 Å². The van der Waals surface area contributed by atoms with Gasteiger partial charge in [-0.1, -0.05) is 32.9 Å². The Kier molecular flexibility index (Phi) is 6.34. The molecule has 1 N–H and O–H groups in total. The first-order chi connectivity index (χ1) is 12.2. The number of halogens is 2. The Hall–Kier alpha value is -2.44. The highest BCUT2D eigenvalue weighted by Gasteiger charge is 2.18. The third kappa shape index (κ3) is 5.28. The zero-order valence-corrected chi connectivity index (χ0v) is 15.5.